The zero-order valence-corrected chi connectivity index (χ0v) is 16.2. The van der Waals surface area contributed by atoms with Crippen molar-refractivity contribution in [2.24, 2.45) is 28.8 Å². The minimum absolute atomic E-state index is 0.00197. The van der Waals surface area contributed by atoms with Crippen LogP contribution >= 0.6 is 15.9 Å². The van der Waals surface area contributed by atoms with Crippen LogP contribution in [0.3, 0.4) is 0 Å². The van der Waals surface area contributed by atoms with E-state index in [2.05, 4.69) is 27.6 Å². The Morgan fingerprint density at radius 3 is 2.50 bits per heavy atom. The predicted octanol–water partition coefficient (Wildman–Crippen LogP) is 3.06. The van der Waals surface area contributed by atoms with E-state index >= 15 is 0 Å². The quantitative estimate of drug-likeness (QED) is 0.220. The van der Waals surface area contributed by atoms with Crippen molar-refractivity contribution in [3.05, 3.63) is 57.1 Å². The van der Waals surface area contributed by atoms with E-state index in [1.165, 1.54) is 18.4 Å². The SMILES string of the molecule is C=CCOc1c(C=NN2C(=O)[C@@H]3[C@H](C2=O)[C@H]2C=C[C@H]3C2)cc(Br)cc1[N+](=O)[O-]. The third-order valence-corrected chi connectivity index (χ3v) is 5.82. The van der Waals surface area contributed by atoms with E-state index in [0.29, 0.717) is 4.47 Å². The highest BCUT2D eigenvalue weighted by molar-refractivity contribution is 9.10. The maximum absolute atomic E-state index is 12.7. The van der Waals surface area contributed by atoms with Crippen molar-refractivity contribution >= 4 is 39.6 Å². The van der Waals surface area contributed by atoms with Gasteiger partial charge in [-0.25, -0.2) is 0 Å². The number of fused-ring (bicyclic) bond motifs is 5. The van der Waals surface area contributed by atoms with Gasteiger partial charge in [-0.05, 0) is 24.3 Å². The molecule has 0 radical (unpaired) electrons. The highest BCUT2D eigenvalue weighted by atomic mass is 79.9. The summed E-state index contributed by atoms with van der Waals surface area (Å²) in [5, 5.41) is 16.3. The lowest BCUT2D eigenvalue weighted by Gasteiger charge is -2.13. The molecule has 0 unspecified atom stereocenters. The molecule has 2 fully saturated rings. The number of carbonyl (C=O) groups excluding carboxylic acids is 2. The predicted molar refractivity (Wildman–Crippen MR) is 104 cm³/mol. The number of nitro groups is 1. The number of nitrogens with zero attached hydrogens (tertiary/aromatic N) is 3. The first kappa shape index (κ1) is 18.5. The summed E-state index contributed by atoms with van der Waals surface area (Å²) >= 11 is 3.23. The number of rotatable bonds is 6. The second-order valence-corrected chi connectivity index (χ2v) is 7.85. The summed E-state index contributed by atoms with van der Waals surface area (Å²) in [6, 6.07) is 2.89. The normalized spacial score (nSPS) is 27.7. The third-order valence-electron chi connectivity index (χ3n) is 5.36. The molecule has 9 heteroatoms. The van der Waals surface area contributed by atoms with Crippen LogP contribution in [0.5, 0.6) is 5.75 Å². The number of carbonyl (C=O) groups is 2. The summed E-state index contributed by atoms with van der Waals surface area (Å²) in [5.74, 6) is -1.17. The maximum Gasteiger partial charge on any atom is 0.312 e. The molecule has 1 saturated heterocycles. The van der Waals surface area contributed by atoms with Gasteiger partial charge < -0.3 is 4.74 Å². The summed E-state index contributed by atoms with van der Waals surface area (Å²) in [5.41, 5.74) is 0.0255. The molecule has 28 heavy (non-hydrogen) atoms. The van der Waals surface area contributed by atoms with Crippen molar-refractivity contribution in [2.45, 2.75) is 6.42 Å². The zero-order valence-electron chi connectivity index (χ0n) is 14.7. The summed E-state index contributed by atoms with van der Waals surface area (Å²) in [6.45, 7) is 3.60. The van der Waals surface area contributed by atoms with Gasteiger partial charge in [0.05, 0.1) is 23.0 Å². The molecule has 1 aromatic rings. The fourth-order valence-electron chi connectivity index (χ4n) is 4.25. The molecule has 3 aliphatic rings. The highest BCUT2D eigenvalue weighted by Crippen LogP contribution is 2.52. The van der Waals surface area contributed by atoms with E-state index in [-0.39, 0.29) is 59.1 Å². The summed E-state index contributed by atoms with van der Waals surface area (Å²) < 4.78 is 5.90. The molecule has 0 aromatic heterocycles. The number of imide groups is 1. The van der Waals surface area contributed by atoms with Gasteiger partial charge in [0.25, 0.3) is 11.8 Å². The maximum atomic E-state index is 12.7. The van der Waals surface area contributed by atoms with E-state index < -0.39 is 4.92 Å². The smallest absolute Gasteiger partial charge is 0.312 e. The highest BCUT2D eigenvalue weighted by Gasteiger charge is 2.59. The van der Waals surface area contributed by atoms with Crippen molar-refractivity contribution in [2.75, 3.05) is 6.61 Å². The fraction of sp³-hybridized carbons (Fsp3) is 0.316. The molecule has 2 bridgehead atoms. The van der Waals surface area contributed by atoms with Gasteiger partial charge in [0.2, 0.25) is 5.75 Å². The number of allylic oxidation sites excluding steroid dienone is 2. The zero-order chi connectivity index (χ0) is 20.0. The van der Waals surface area contributed by atoms with Gasteiger partial charge in [-0.15, -0.1) is 0 Å². The molecule has 1 saturated carbocycles. The van der Waals surface area contributed by atoms with Gasteiger partial charge in [0, 0.05) is 16.1 Å². The monoisotopic (exact) mass is 445 g/mol. The molecular formula is C19H16BrN3O5. The van der Waals surface area contributed by atoms with Crippen LogP contribution in [0, 0.1) is 33.8 Å². The molecule has 2 aliphatic carbocycles. The number of halogens is 1. The second-order valence-electron chi connectivity index (χ2n) is 6.93. The Morgan fingerprint density at radius 1 is 1.29 bits per heavy atom. The summed E-state index contributed by atoms with van der Waals surface area (Å²) in [7, 11) is 0. The van der Waals surface area contributed by atoms with Crippen LogP contribution in [-0.4, -0.2) is 34.6 Å². The van der Waals surface area contributed by atoms with Crippen LogP contribution in [0.4, 0.5) is 5.69 Å². The number of hydrazone groups is 1. The molecule has 2 amide bonds. The van der Waals surface area contributed by atoms with E-state index in [9.17, 15) is 19.7 Å². The molecule has 144 valence electrons. The lowest BCUT2D eigenvalue weighted by atomic mass is 9.85. The van der Waals surface area contributed by atoms with Gasteiger partial charge in [0.15, 0.2) is 0 Å². The van der Waals surface area contributed by atoms with Crippen molar-refractivity contribution < 1.29 is 19.2 Å². The summed E-state index contributed by atoms with van der Waals surface area (Å²) in [4.78, 5) is 36.2. The Kier molecular flexibility index (Phi) is 4.62. The lowest BCUT2D eigenvalue weighted by Crippen LogP contribution is -2.28. The number of ether oxygens (including phenoxy) is 1. The molecular weight excluding hydrogens is 430 g/mol. The number of nitro benzene ring substituents is 1. The Labute approximate surface area is 168 Å². The van der Waals surface area contributed by atoms with E-state index in [4.69, 9.17) is 4.74 Å². The Morgan fingerprint density at radius 2 is 1.93 bits per heavy atom. The lowest BCUT2D eigenvalue weighted by molar-refractivity contribution is -0.385. The molecule has 0 N–H and O–H groups in total. The average Bonchev–Trinajstić information content (AvgIpc) is 3.33. The molecule has 0 spiro atoms. The van der Waals surface area contributed by atoms with Crippen LogP contribution in [0.25, 0.3) is 0 Å². The standard InChI is InChI=1S/C19H16BrN3O5/c1-2-5-28-17-12(7-13(20)8-14(17)23(26)27)9-21-22-18(24)15-10-3-4-11(6-10)16(15)19(22)25/h2-4,7-11,15-16H,1,5-6H2/t10-,11-,15-,16+/m0/s1. The Hall–Kier alpha value is -2.81. The van der Waals surface area contributed by atoms with Crippen LogP contribution < -0.4 is 4.74 Å². The van der Waals surface area contributed by atoms with Gasteiger partial charge in [0.1, 0.15) is 6.61 Å². The number of benzene rings is 1. The molecule has 4 rings (SSSR count). The van der Waals surface area contributed by atoms with Crippen LogP contribution in [0.1, 0.15) is 12.0 Å². The second kappa shape index (κ2) is 6.97. The van der Waals surface area contributed by atoms with E-state index in [1.807, 2.05) is 12.2 Å². The first-order valence-electron chi connectivity index (χ1n) is 8.74. The minimum Gasteiger partial charge on any atom is -0.482 e. The first-order chi connectivity index (χ1) is 13.4. The van der Waals surface area contributed by atoms with Crippen molar-refractivity contribution in [3.63, 3.8) is 0 Å². The van der Waals surface area contributed by atoms with Crippen molar-refractivity contribution in [3.8, 4) is 5.75 Å². The number of hydrogen-bond acceptors (Lipinski definition) is 6. The third kappa shape index (κ3) is 2.86. The molecule has 1 aromatic carbocycles. The van der Waals surface area contributed by atoms with Crippen LogP contribution in [0.15, 0.2) is 46.5 Å². The van der Waals surface area contributed by atoms with Crippen molar-refractivity contribution in [1.82, 2.24) is 5.01 Å². The van der Waals surface area contributed by atoms with Gasteiger partial charge in [-0.2, -0.15) is 10.1 Å². The van der Waals surface area contributed by atoms with Crippen LogP contribution in [0.2, 0.25) is 0 Å². The molecule has 8 nitrogen and oxygen atoms in total. The minimum atomic E-state index is -0.569. The number of hydrogen-bond donors (Lipinski definition) is 0. The Bertz CT molecular complexity index is 927. The number of amides is 2. The summed E-state index contributed by atoms with van der Waals surface area (Å²) in [6.07, 6.45) is 7.56. The van der Waals surface area contributed by atoms with Crippen molar-refractivity contribution in [1.29, 1.82) is 0 Å². The molecule has 1 heterocycles. The van der Waals surface area contributed by atoms with Gasteiger partial charge >= 0.3 is 5.69 Å². The van der Waals surface area contributed by atoms with E-state index in [1.54, 1.807) is 6.07 Å². The van der Waals surface area contributed by atoms with Gasteiger partial charge in [-0.3, -0.25) is 19.7 Å². The van der Waals surface area contributed by atoms with Gasteiger partial charge in [-0.1, -0.05) is 40.7 Å². The van der Waals surface area contributed by atoms with Crippen LogP contribution in [-0.2, 0) is 9.59 Å². The topological polar surface area (TPSA) is 102 Å². The largest absolute Gasteiger partial charge is 0.482 e. The molecule has 1 aliphatic heterocycles. The fourth-order valence-corrected chi connectivity index (χ4v) is 4.71. The molecule has 4 atom stereocenters. The van der Waals surface area contributed by atoms with E-state index in [0.717, 1.165) is 11.4 Å². The average molecular weight is 446 g/mol. The first-order valence-corrected chi connectivity index (χ1v) is 9.53. The Balaban J connectivity index is 1.66.